The van der Waals surface area contributed by atoms with Crippen molar-refractivity contribution in [3.8, 4) is 33.8 Å². The molecule has 6 aromatic heterocycles. The maximum atomic E-state index is 6.35. The van der Waals surface area contributed by atoms with Gasteiger partial charge in [-0.25, -0.2) is 0 Å². The van der Waals surface area contributed by atoms with Crippen LogP contribution in [-0.4, -0.2) is 15.0 Å². The highest BCUT2D eigenvalue weighted by Gasteiger charge is 2.16. The maximum Gasteiger partial charge on any atom is 0.144 e. The van der Waals surface area contributed by atoms with E-state index < -0.39 is 0 Å². The molecule has 0 atom stereocenters. The number of para-hydroxylation sites is 6. The van der Waals surface area contributed by atoms with Crippen LogP contribution in [0.15, 0.2) is 202 Å². The summed E-state index contributed by atoms with van der Waals surface area (Å²) in [7, 11) is 0. The first-order valence-electron chi connectivity index (χ1n) is 23.8. The molecular formula is C65H43N3O3. The summed E-state index contributed by atoms with van der Waals surface area (Å²) in [6.07, 6.45) is 18.7. The number of pyridine rings is 3. The minimum absolute atomic E-state index is 0.847. The van der Waals surface area contributed by atoms with Gasteiger partial charge >= 0.3 is 0 Å². The quantitative estimate of drug-likeness (QED) is 0.144. The van der Waals surface area contributed by atoms with Crippen LogP contribution in [0.5, 0.6) is 0 Å². The van der Waals surface area contributed by atoms with Crippen molar-refractivity contribution < 1.29 is 13.3 Å². The van der Waals surface area contributed by atoms with Crippen LogP contribution in [-0.2, 0) is 0 Å². The number of nitrogens with zero attached hydrogens (tertiary/aromatic N) is 3. The Morgan fingerprint density at radius 2 is 0.676 bits per heavy atom. The molecule has 336 valence electrons. The zero-order chi connectivity index (χ0) is 47.4. The van der Waals surface area contributed by atoms with Crippen molar-refractivity contribution in [3.05, 3.63) is 233 Å². The molecule has 6 heterocycles. The Morgan fingerprint density at radius 3 is 1.08 bits per heavy atom. The smallest absolute Gasteiger partial charge is 0.144 e. The molecule has 0 fully saturated rings. The number of rotatable bonds is 9. The molecular weight excluding hydrogens is 871 g/mol. The molecule has 0 amide bonds. The second kappa shape index (κ2) is 17.3. The molecule has 0 bridgehead atoms. The SMILES string of the molecule is Cc1cc(-c2cccc3c2oc2ccccc23)ncc1/C=C/c1cc(/C=C/c2ccc(-c3cccc4c3oc3ccccc34)nc2)cc(/C=C/c2cnc(-c3cccc4c3oc3ccccc34)cc2C)c1. The lowest BCUT2D eigenvalue weighted by molar-refractivity contribution is 0.669. The molecule has 0 aliphatic heterocycles. The molecule has 6 nitrogen and oxygen atoms in total. The van der Waals surface area contributed by atoms with Gasteiger partial charge in [-0.3, -0.25) is 15.0 Å². The van der Waals surface area contributed by atoms with Crippen molar-refractivity contribution in [2.45, 2.75) is 13.8 Å². The number of fused-ring (bicyclic) bond motifs is 9. The topological polar surface area (TPSA) is 78.1 Å². The summed E-state index contributed by atoms with van der Waals surface area (Å²) in [6.45, 7) is 4.26. The normalized spacial score (nSPS) is 12.2. The van der Waals surface area contributed by atoms with Crippen molar-refractivity contribution in [1.82, 2.24) is 15.0 Å². The van der Waals surface area contributed by atoms with Crippen molar-refractivity contribution in [2.75, 3.05) is 0 Å². The summed E-state index contributed by atoms with van der Waals surface area (Å²) in [6, 6.07) is 58.3. The fraction of sp³-hybridized carbons (Fsp3) is 0.0308. The van der Waals surface area contributed by atoms with Gasteiger partial charge in [-0.05, 0) is 131 Å². The third kappa shape index (κ3) is 7.68. The third-order valence-corrected chi connectivity index (χ3v) is 13.5. The Balaban J connectivity index is 0.817. The molecule has 6 heteroatoms. The van der Waals surface area contributed by atoms with E-state index in [2.05, 4.69) is 166 Å². The van der Waals surface area contributed by atoms with Crippen molar-refractivity contribution in [3.63, 3.8) is 0 Å². The number of hydrogen-bond acceptors (Lipinski definition) is 6. The first-order valence-corrected chi connectivity index (χ1v) is 23.8. The Kier molecular flexibility index (Phi) is 10.2. The summed E-state index contributed by atoms with van der Waals surface area (Å²) in [4.78, 5) is 14.8. The van der Waals surface area contributed by atoms with Crippen molar-refractivity contribution >= 4 is 102 Å². The van der Waals surface area contributed by atoms with E-state index in [4.69, 9.17) is 28.2 Å². The van der Waals surface area contributed by atoms with E-state index >= 15 is 0 Å². The largest absolute Gasteiger partial charge is 0.455 e. The van der Waals surface area contributed by atoms with Crippen LogP contribution in [0, 0.1) is 13.8 Å². The second-order valence-corrected chi connectivity index (χ2v) is 18.1. The summed E-state index contributed by atoms with van der Waals surface area (Å²) in [5.41, 5.74) is 19.2. The van der Waals surface area contributed by atoms with Gasteiger partial charge in [-0.1, -0.05) is 134 Å². The zero-order valence-corrected chi connectivity index (χ0v) is 38.9. The van der Waals surface area contributed by atoms with Crippen LogP contribution in [0.2, 0.25) is 0 Å². The lowest BCUT2D eigenvalue weighted by atomic mass is 10.0. The highest BCUT2D eigenvalue weighted by Crippen LogP contribution is 2.38. The van der Waals surface area contributed by atoms with E-state index in [1.54, 1.807) is 0 Å². The minimum atomic E-state index is 0.847. The molecule has 0 unspecified atom stereocenters. The Labute approximate surface area is 409 Å². The van der Waals surface area contributed by atoms with Crippen molar-refractivity contribution in [2.24, 2.45) is 0 Å². The highest BCUT2D eigenvalue weighted by molar-refractivity contribution is 6.11. The van der Waals surface area contributed by atoms with Gasteiger partial charge in [0, 0.05) is 67.6 Å². The van der Waals surface area contributed by atoms with E-state index in [1.807, 2.05) is 73.2 Å². The van der Waals surface area contributed by atoms with E-state index in [0.29, 0.717) is 0 Å². The fourth-order valence-electron chi connectivity index (χ4n) is 9.84. The summed E-state index contributed by atoms with van der Waals surface area (Å²) >= 11 is 0. The second-order valence-electron chi connectivity index (χ2n) is 18.1. The molecule has 0 N–H and O–H groups in total. The lowest BCUT2D eigenvalue weighted by Crippen LogP contribution is -1.90. The number of aromatic nitrogens is 3. The van der Waals surface area contributed by atoms with E-state index in [1.165, 1.54) is 0 Å². The van der Waals surface area contributed by atoms with Crippen LogP contribution in [0.1, 0.15) is 44.5 Å². The van der Waals surface area contributed by atoms with E-state index in [-0.39, 0.29) is 0 Å². The third-order valence-electron chi connectivity index (χ3n) is 13.5. The number of furan rings is 3. The van der Waals surface area contributed by atoms with Gasteiger partial charge in [0.1, 0.15) is 33.5 Å². The number of aryl methyl sites for hydroxylation is 2. The summed E-state index contributed by atoms with van der Waals surface area (Å²) < 4.78 is 19.0. The monoisotopic (exact) mass is 913 g/mol. The van der Waals surface area contributed by atoms with Gasteiger partial charge in [0.25, 0.3) is 0 Å². The van der Waals surface area contributed by atoms with Gasteiger partial charge in [-0.15, -0.1) is 0 Å². The molecule has 0 saturated heterocycles. The van der Waals surface area contributed by atoms with Crippen LogP contribution in [0.3, 0.4) is 0 Å². The minimum Gasteiger partial charge on any atom is -0.455 e. The zero-order valence-electron chi connectivity index (χ0n) is 38.9. The lowest BCUT2D eigenvalue weighted by Gasteiger charge is -2.07. The Morgan fingerprint density at radius 1 is 0.310 bits per heavy atom. The van der Waals surface area contributed by atoms with Gasteiger partial charge in [0.15, 0.2) is 0 Å². The van der Waals surface area contributed by atoms with Crippen LogP contribution >= 0.6 is 0 Å². The molecule has 13 aromatic rings. The molecule has 0 aliphatic rings. The predicted octanol–water partition coefficient (Wildman–Crippen LogP) is 17.7. The number of hydrogen-bond donors (Lipinski definition) is 0. The predicted molar refractivity (Wildman–Crippen MR) is 294 cm³/mol. The standard InChI is InChI=1S/C65H43N3O3/c1-40-32-58(55-19-10-16-52-49-13-4-7-22-61(49)70-64(52)55)67-38-46(40)29-26-44-34-43(25-24-42-28-31-57(66-37-42)54-18-9-15-51-48-12-3-6-21-60(48)69-63(51)54)35-45(36-44)27-30-47-39-68-59(33-41(47)2)56-20-11-17-53-50-14-5-8-23-62(50)71-65(53)56/h3-39H,1-2H3/b25-24+,29-26+,30-27+. The van der Waals surface area contributed by atoms with Crippen LogP contribution in [0.25, 0.3) is 136 Å². The summed E-state index contributed by atoms with van der Waals surface area (Å²) in [5.74, 6) is 0. The molecule has 71 heavy (non-hydrogen) atoms. The van der Waals surface area contributed by atoms with Gasteiger partial charge in [0.2, 0.25) is 0 Å². The van der Waals surface area contributed by atoms with Crippen molar-refractivity contribution in [1.29, 1.82) is 0 Å². The average molecular weight is 914 g/mol. The van der Waals surface area contributed by atoms with E-state index in [0.717, 1.165) is 144 Å². The molecule has 13 rings (SSSR count). The Hall–Kier alpha value is -9.39. The van der Waals surface area contributed by atoms with E-state index in [9.17, 15) is 0 Å². The first kappa shape index (κ1) is 41.8. The van der Waals surface area contributed by atoms with Gasteiger partial charge < -0.3 is 13.3 Å². The molecule has 0 aliphatic carbocycles. The molecule has 0 saturated carbocycles. The summed E-state index contributed by atoms with van der Waals surface area (Å²) in [5, 5.41) is 6.57. The fourth-order valence-corrected chi connectivity index (χ4v) is 9.84. The van der Waals surface area contributed by atoms with Crippen LogP contribution in [0.4, 0.5) is 0 Å². The molecule has 0 radical (unpaired) electrons. The number of benzene rings is 7. The average Bonchev–Trinajstić information content (AvgIpc) is 4.11. The molecule has 0 spiro atoms. The first-order chi connectivity index (χ1) is 35.0. The van der Waals surface area contributed by atoms with Gasteiger partial charge in [-0.2, -0.15) is 0 Å². The van der Waals surface area contributed by atoms with Gasteiger partial charge in [0.05, 0.1) is 17.1 Å². The van der Waals surface area contributed by atoms with Crippen LogP contribution < -0.4 is 0 Å². The Bertz CT molecular complexity index is 4120. The highest BCUT2D eigenvalue weighted by atomic mass is 16.3. The maximum absolute atomic E-state index is 6.35. The molecule has 7 aromatic carbocycles.